The van der Waals surface area contributed by atoms with Gasteiger partial charge in [-0.1, -0.05) is 0 Å². The van der Waals surface area contributed by atoms with E-state index in [1.165, 1.54) is 0 Å². The molecule has 0 bridgehead atoms. The first kappa shape index (κ1) is 10.4. The molecule has 0 radical (unpaired) electrons. The molecular weight excluding hydrogens is 174 g/mol. The van der Waals surface area contributed by atoms with Gasteiger partial charge in [0.25, 0.3) is 0 Å². The summed E-state index contributed by atoms with van der Waals surface area (Å²) < 4.78 is 0. The molecule has 0 amide bonds. The molecule has 0 spiro atoms. The number of aromatic nitrogens is 1. The Balaban J connectivity index is 2.73. The highest BCUT2D eigenvalue weighted by atomic mass is 15.0. The van der Waals surface area contributed by atoms with E-state index in [0.717, 1.165) is 5.56 Å². The van der Waals surface area contributed by atoms with E-state index in [1.807, 2.05) is 19.9 Å². The summed E-state index contributed by atoms with van der Waals surface area (Å²) in [5.41, 5.74) is 7.50. The van der Waals surface area contributed by atoms with Gasteiger partial charge in [0, 0.05) is 18.7 Å². The van der Waals surface area contributed by atoms with Gasteiger partial charge in [-0.25, -0.2) is 4.98 Å². The van der Waals surface area contributed by atoms with E-state index in [0.29, 0.717) is 17.9 Å². The van der Waals surface area contributed by atoms with E-state index in [2.05, 4.69) is 16.2 Å². The Hall–Kier alpha value is -1.69. The first-order valence-corrected chi connectivity index (χ1v) is 4.55. The standard InChI is InChI=1S/C11H15N3/c1-4-5-9(3)14-11-10(12)6-8(2)7-13-11/h1,6-7,9H,5,12H2,2-3H3,(H,13,14). The van der Waals surface area contributed by atoms with Crippen molar-refractivity contribution in [2.24, 2.45) is 0 Å². The van der Waals surface area contributed by atoms with Crippen LogP contribution >= 0.6 is 0 Å². The zero-order valence-electron chi connectivity index (χ0n) is 8.54. The number of terminal acetylenes is 1. The van der Waals surface area contributed by atoms with Crippen molar-refractivity contribution < 1.29 is 0 Å². The van der Waals surface area contributed by atoms with Crippen LogP contribution in [0.4, 0.5) is 11.5 Å². The Morgan fingerprint density at radius 3 is 3.00 bits per heavy atom. The summed E-state index contributed by atoms with van der Waals surface area (Å²) in [6, 6.07) is 2.08. The zero-order valence-corrected chi connectivity index (χ0v) is 8.54. The monoisotopic (exact) mass is 189 g/mol. The summed E-state index contributed by atoms with van der Waals surface area (Å²) in [5, 5.41) is 3.16. The van der Waals surface area contributed by atoms with Crippen molar-refractivity contribution in [3.8, 4) is 12.3 Å². The fraction of sp³-hybridized carbons (Fsp3) is 0.364. The third kappa shape index (κ3) is 2.67. The summed E-state index contributed by atoms with van der Waals surface area (Å²) in [7, 11) is 0. The molecule has 3 N–H and O–H groups in total. The molecule has 0 saturated carbocycles. The Kier molecular flexibility index (Phi) is 3.35. The van der Waals surface area contributed by atoms with Gasteiger partial charge >= 0.3 is 0 Å². The van der Waals surface area contributed by atoms with Crippen molar-refractivity contribution in [2.45, 2.75) is 26.3 Å². The maximum atomic E-state index is 5.79. The van der Waals surface area contributed by atoms with Crippen LogP contribution in [0.1, 0.15) is 18.9 Å². The van der Waals surface area contributed by atoms with E-state index >= 15 is 0 Å². The highest BCUT2D eigenvalue weighted by Gasteiger charge is 2.04. The number of nitrogens with zero attached hydrogens (tertiary/aromatic N) is 1. The largest absolute Gasteiger partial charge is 0.396 e. The highest BCUT2D eigenvalue weighted by Crippen LogP contribution is 2.16. The molecule has 3 nitrogen and oxygen atoms in total. The number of aryl methyl sites for hydroxylation is 1. The number of nitrogens with two attached hydrogens (primary N) is 1. The van der Waals surface area contributed by atoms with Gasteiger partial charge in [-0.3, -0.25) is 0 Å². The van der Waals surface area contributed by atoms with E-state index in [9.17, 15) is 0 Å². The number of hydrogen-bond donors (Lipinski definition) is 2. The number of pyridine rings is 1. The second-order valence-corrected chi connectivity index (χ2v) is 3.40. The van der Waals surface area contributed by atoms with Crippen LogP contribution in [0.3, 0.4) is 0 Å². The third-order valence-electron chi connectivity index (χ3n) is 1.86. The molecular formula is C11H15N3. The number of rotatable bonds is 3. The molecule has 0 aliphatic heterocycles. The smallest absolute Gasteiger partial charge is 0.149 e. The van der Waals surface area contributed by atoms with E-state index < -0.39 is 0 Å². The van der Waals surface area contributed by atoms with Gasteiger partial charge in [-0.15, -0.1) is 12.3 Å². The Morgan fingerprint density at radius 2 is 2.43 bits per heavy atom. The van der Waals surface area contributed by atoms with Crippen molar-refractivity contribution in [1.82, 2.24) is 4.98 Å². The second kappa shape index (κ2) is 4.52. The third-order valence-corrected chi connectivity index (χ3v) is 1.86. The predicted octanol–water partition coefficient (Wildman–Crippen LogP) is 1.80. The van der Waals surface area contributed by atoms with Gasteiger partial charge in [0.2, 0.25) is 0 Å². The lowest BCUT2D eigenvalue weighted by Gasteiger charge is -2.13. The van der Waals surface area contributed by atoms with E-state index in [1.54, 1.807) is 6.20 Å². The van der Waals surface area contributed by atoms with Crippen molar-refractivity contribution in [3.63, 3.8) is 0 Å². The molecule has 3 heteroatoms. The molecule has 0 fully saturated rings. The summed E-state index contributed by atoms with van der Waals surface area (Å²) in [6.45, 7) is 3.96. The highest BCUT2D eigenvalue weighted by molar-refractivity contribution is 5.61. The molecule has 1 aromatic rings. The lowest BCUT2D eigenvalue weighted by atomic mass is 10.2. The number of hydrogen-bond acceptors (Lipinski definition) is 3. The molecule has 0 aliphatic carbocycles. The fourth-order valence-corrected chi connectivity index (χ4v) is 1.17. The first-order valence-electron chi connectivity index (χ1n) is 4.55. The Labute approximate surface area is 84.7 Å². The number of nitrogens with one attached hydrogen (secondary N) is 1. The molecule has 1 atom stereocenters. The van der Waals surface area contributed by atoms with Gasteiger partial charge in [0.1, 0.15) is 5.82 Å². The molecule has 74 valence electrons. The minimum Gasteiger partial charge on any atom is -0.396 e. The molecule has 1 heterocycles. The Morgan fingerprint density at radius 1 is 1.71 bits per heavy atom. The molecule has 0 aliphatic rings. The minimum atomic E-state index is 0.192. The quantitative estimate of drug-likeness (QED) is 0.713. The van der Waals surface area contributed by atoms with Crippen LogP contribution in [0.5, 0.6) is 0 Å². The van der Waals surface area contributed by atoms with Crippen LogP contribution in [-0.4, -0.2) is 11.0 Å². The van der Waals surface area contributed by atoms with Crippen LogP contribution in [0.25, 0.3) is 0 Å². The molecule has 0 saturated heterocycles. The van der Waals surface area contributed by atoms with Gasteiger partial charge in [0.05, 0.1) is 5.69 Å². The minimum absolute atomic E-state index is 0.192. The van der Waals surface area contributed by atoms with Crippen molar-refractivity contribution in [3.05, 3.63) is 17.8 Å². The lowest BCUT2D eigenvalue weighted by Crippen LogP contribution is -2.16. The van der Waals surface area contributed by atoms with Crippen LogP contribution < -0.4 is 11.1 Å². The van der Waals surface area contributed by atoms with Crippen molar-refractivity contribution >= 4 is 11.5 Å². The average molecular weight is 189 g/mol. The van der Waals surface area contributed by atoms with Crippen LogP contribution in [0, 0.1) is 19.3 Å². The van der Waals surface area contributed by atoms with Gasteiger partial charge in [0.15, 0.2) is 0 Å². The van der Waals surface area contributed by atoms with Gasteiger partial charge in [-0.2, -0.15) is 0 Å². The van der Waals surface area contributed by atoms with E-state index in [-0.39, 0.29) is 6.04 Å². The zero-order chi connectivity index (χ0) is 10.6. The normalized spacial score (nSPS) is 11.8. The molecule has 1 rings (SSSR count). The van der Waals surface area contributed by atoms with E-state index in [4.69, 9.17) is 12.2 Å². The number of anilines is 2. The summed E-state index contributed by atoms with van der Waals surface area (Å²) in [5.74, 6) is 3.29. The first-order chi connectivity index (χ1) is 6.63. The van der Waals surface area contributed by atoms with Crippen LogP contribution in [0.2, 0.25) is 0 Å². The van der Waals surface area contributed by atoms with Gasteiger partial charge in [-0.05, 0) is 25.5 Å². The number of nitrogen functional groups attached to an aromatic ring is 1. The van der Waals surface area contributed by atoms with Crippen LogP contribution in [0.15, 0.2) is 12.3 Å². The average Bonchev–Trinajstić information content (AvgIpc) is 2.10. The summed E-state index contributed by atoms with van der Waals surface area (Å²) >= 11 is 0. The molecule has 0 aromatic carbocycles. The molecule has 1 unspecified atom stereocenters. The van der Waals surface area contributed by atoms with Crippen molar-refractivity contribution in [2.75, 3.05) is 11.1 Å². The van der Waals surface area contributed by atoms with Gasteiger partial charge < -0.3 is 11.1 Å². The Bertz CT molecular complexity index is 352. The molecule has 14 heavy (non-hydrogen) atoms. The lowest BCUT2D eigenvalue weighted by molar-refractivity contribution is 0.822. The van der Waals surface area contributed by atoms with Crippen LogP contribution in [-0.2, 0) is 0 Å². The van der Waals surface area contributed by atoms with Crippen molar-refractivity contribution in [1.29, 1.82) is 0 Å². The molecule has 1 aromatic heterocycles. The topological polar surface area (TPSA) is 50.9 Å². The summed E-state index contributed by atoms with van der Waals surface area (Å²) in [4.78, 5) is 4.20. The predicted molar refractivity (Wildman–Crippen MR) is 59.9 cm³/mol. The maximum absolute atomic E-state index is 5.79. The summed E-state index contributed by atoms with van der Waals surface area (Å²) in [6.07, 6.45) is 7.64. The fourth-order valence-electron chi connectivity index (χ4n) is 1.17. The second-order valence-electron chi connectivity index (χ2n) is 3.40. The SMILES string of the molecule is C#CCC(C)Nc1ncc(C)cc1N. The maximum Gasteiger partial charge on any atom is 0.149 e.